The first kappa shape index (κ1) is 42.4. The molecule has 16 atom stereocenters. The van der Waals surface area contributed by atoms with Gasteiger partial charge in [0.15, 0.2) is 12.6 Å². The summed E-state index contributed by atoms with van der Waals surface area (Å²) in [5, 5.41) is 46.3. The fourth-order valence-electron chi connectivity index (χ4n) is 8.44. The lowest BCUT2D eigenvalue weighted by atomic mass is 9.77. The number of ether oxygens (including phenoxy) is 6. The minimum atomic E-state index is -1.49. The van der Waals surface area contributed by atoms with Crippen molar-refractivity contribution in [3.8, 4) is 0 Å². The van der Waals surface area contributed by atoms with E-state index in [2.05, 4.69) is 0 Å². The van der Waals surface area contributed by atoms with E-state index in [0.717, 1.165) is 0 Å². The highest BCUT2D eigenvalue weighted by Gasteiger charge is 2.52. The van der Waals surface area contributed by atoms with E-state index in [4.69, 9.17) is 28.4 Å². The Morgan fingerprint density at radius 1 is 0.980 bits per heavy atom. The molecule has 4 N–H and O–H groups in total. The van der Waals surface area contributed by atoms with Gasteiger partial charge in [-0.2, -0.15) is 0 Å². The lowest BCUT2D eigenvalue weighted by Crippen LogP contribution is -2.60. The molecular weight excluding hydrogens is 636 g/mol. The number of aliphatic hydroxyl groups is 4. The largest absolute Gasteiger partial charge is 0.459 e. The number of hydrogen-bond acceptors (Lipinski definition) is 13. The van der Waals surface area contributed by atoms with Crippen LogP contribution in [0.3, 0.4) is 0 Å². The second kappa shape index (κ2) is 16.8. The molecule has 0 aromatic heterocycles. The molecule has 3 fully saturated rings. The first-order valence-electron chi connectivity index (χ1n) is 18.1. The molecule has 49 heavy (non-hydrogen) atoms. The van der Waals surface area contributed by atoms with Crippen molar-refractivity contribution in [2.45, 2.75) is 166 Å². The van der Waals surface area contributed by atoms with E-state index in [1.54, 1.807) is 34.6 Å². The van der Waals surface area contributed by atoms with Gasteiger partial charge in [0.2, 0.25) is 0 Å². The summed E-state index contributed by atoms with van der Waals surface area (Å²) in [6.07, 6.45) is -5.97. The second-order valence-corrected chi connectivity index (χ2v) is 16.4. The van der Waals surface area contributed by atoms with E-state index in [9.17, 15) is 25.2 Å². The Morgan fingerprint density at radius 2 is 1.61 bits per heavy atom. The lowest BCUT2D eigenvalue weighted by Gasteiger charge is -2.49. The predicted molar refractivity (Wildman–Crippen MR) is 184 cm³/mol. The number of esters is 1. The van der Waals surface area contributed by atoms with Gasteiger partial charge in [0.25, 0.3) is 0 Å². The number of rotatable bonds is 7. The highest BCUT2D eigenvalue weighted by atomic mass is 16.7. The molecule has 3 rings (SSSR count). The van der Waals surface area contributed by atoms with Crippen molar-refractivity contribution in [1.29, 1.82) is 0 Å². The van der Waals surface area contributed by atoms with Gasteiger partial charge in [0.1, 0.15) is 23.9 Å². The van der Waals surface area contributed by atoms with Crippen LogP contribution in [-0.2, 0) is 33.2 Å². The van der Waals surface area contributed by atoms with Gasteiger partial charge in [-0.15, -0.1) is 0 Å². The Bertz CT molecular complexity index is 1060. The number of β-amino-alcohol motifs (C(OH)–C–C–N with tert-alkyl or cyclic N) is 1. The summed E-state index contributed by atoms with van der Waals surface area (Å²) in [7, 11) is 7.22. The van der Waals surface area contributed by atoms with Crippen molar-refractivity contribution in [1.82, 2.24) is 9.80 Å². The number of carbonyl (C=O) groups excluding carboxylic acids is 1. The zero-order valence-corrected chi connectivity index (χ0v) is 32.3. The van der Waals surface area contributed by atoms with Crippen LogP contribution in [0.5, 0.6) is 0 Å². The van der Waals surface area contributed by atoms with Crippen molar-refractivity contribution < 1.29 is 53.6 Å². The normalized spacial score (nSPS) is 48.6. The minimum absolute atomic E-state index is 0.0477. The van der Waals surface area contributed by atoms with Gasteiger partial charge in [-0.25, -0.2) is 0 Å². The number of aliphatic hydroxyl groups excluding tert-OH is 2. The Hall–Kier alpha value is -0.970. The first-order chi connectivity index (χ1) is 22.6. The Balaban J connectivity index is 2.12. The van der Waals surface area contributed by atoms with Crippen LogP contribution in [0.15, 0.2) is 0 Å². The molecule has 3 aliphatic rings. The summed E-state index contributed by atoms with van der Waals surface area (Å²) in [5.74, 6) is -2.22. The SMILES string of the molecule is CC[C@@H]1OC(=O)[C@@H](C)[C@H](O[C@H]2C[C@@](C)(OC)[C@@H](O)[C@H](C)O2)[C@@H](C)[C@H](O[C@H]2O[C@@H](C)C[C@@H](N(C)C)[C@@H]2O)[C@@](C)(O)C[C@H](C)CN(C)C[C@@]1(C)O. The van der Waals surface area contributed by atoms with Crippen molar-refractivity contribution in [3.63, 3.8) is 0 Å². The van der Waals surface area contributed by atoms with E-state index in [0.29, 0.717) is 25.8 Å². The van der Waals surface area contributed by atoms with Gasteiger partial charge in [0.05, 0.1) is 41.5 Å². The quantitative estimate of drug-likeness (QED) is 0.286. The fourth-order valence-corrected chi connectivity index (χ4v) is 8.44. The number of cyclic esters (lactones) is 1. The van der Waals surface area contributed by atoms with Crippen LogP contribution in [0.4, 0.5) is 0 Å². The third kappa shape index (κ3) is 10.1. The molecule has 0 aromatic rings. The fraction of sp³-hybridized carbons (Fsp3) is 0.972. The smallest absolute Gasteiger partial charge is 0.311 e. The van der Waals surface area contributed by atoms with Crippen molar-refractivity contribution in [3.05, 3.63) is 0 Å². The van der Waals surface area contributed by atoms with Crippen LogP contribution in [0.2, 0.25) is 0 Å². The van der Waals surface area contributed by atoms with Crippen LogP contribution < -0.4 is 0 Å². The molecule has 0 unspecified atom stereocenters. The summed E-state index contributed by atoms with van der Waals surface area (Å²) < 4.78 is 37.5. The molecular formula is C36H68N2O11. The molecule has 0 bridgehead atoms. The molecule has 13 nitrogen and oxygen atoms in total. The molecule has 0 radical (unpaired) electrons. The van der Waals surface area contributed by atoms with Crippen molar-refractivity contribution >= 4 is 5.97 Å². The van der Waals surface area contributed by atoms with Gasteiger partial charge in [-0.1, -0.05) is 20.8 Å². The van der Waals surface area contributed by atoms with E-state index >= 15 is 0 Å². The first-order valence-corrected chi connectivity index (χ1v) is 18.1. The maximum absolute atomic E-state index is 14.0. The summed E-state index contributed by atoms with van der Waals surface area (Å²) >= 11 is 0. The minimum Gasteiger partial charge on any atom is -0.459 e. The Kier molecular flexibility index (Phi) is 14.5. The topological polar surface area (TPSA) is 160 Å². The number of nitrogens with zero attached hydrogens (tertiary/aromatic N) is 2. The number of likely N-dealkylation sites (N-methyl/N-ethyl adjacent to an activating group) is 2. The van der Waals surface area contributed by atoms with Gasteiger partial charge >= 0.3 is 5.97 Å². The zero-order chi connectivity index (χ0) is 37.2. The summed E-state index contributed by atoms with van der Waals surface area (Å²) in [5.41, 5.74) is -3.81. The predicted octanol–water partition coefficient (Wildman–Crippen LogP) is 2.15. The molecule has 288 valence electrons. The third-order valence-corrected chi connectivity index (χ3v) is 11.1. The van der Waals surface area contributed by atoms with Crippen molar-refractivity contribution in [2.75, 3.05) is 41.3 Å². The van der Waals surface area contributed by atoms with Crippen molar-refractivity contribution in [2.24, 2.45) is 17.8 Å². The van der Waals surface area contributed by atoms with Crippen LogP contribution in [0.25, 0.3) is 0 Å². The highest BCUT2D eigenvalue weighted by molar-refractivity contribution is 5.73. The van der Waals surface area contributed by atoms with Gasteiger partial charge in [0, 0.05) is 38.6 Å². The van der Waals surface area contributed by atoms with Crippen LogP contribution in [-0.4, -0.2) is 156 Å². The standard InChI is InChI=1S/C36H68N2O11/c1-14-26-35(8,43)19-38(12)18-20(2)16-34(7,42)31(49-33-28(39)25(37(10)11)15-21(3)45-33)22(4)29(23(5)32(41)47-26)48-27-17-36(9,44-13)30(40)24(6)46-27/h20-31,33,39-40,42-43H,14-19H2,1-13H3/t20-,21-,22+,23-,24-,25+,26-,27-,28-,29+,30-,31-,33+,34-,35+,36+/m0/s1. The maximum Gasteiger partial charge on any atom is 0.311 e. The summed E-state index contributed by atoms with van der Waals surface area (Å²) in [6, 6.07) is -0.241. The molecule has 0 aromatic carbocycles. The molecule has 3 aliphatic heterocycles. The zero-order valence-electron chi connectivity index (χ0n) is 32.3. The number of hydrogen-bond donors (Lipinski definition) is 4. The molecule has 0 spiro atoms. The highest BCUT2D eigenvalue weighted by Crippen LogP contribution is 2.40. The van der Waals surface area contributed by atoms with Gasteiger partial charge in [-0.3, -0.25) is 4.79 Å². The molecule has 3 saturated heterocycles. The average molecular weight is 705 g/mol. The average Bonchev–Trinajstić information content (AvgIpc) is 2.99. The van der Waals surface area contributed by atoms with E-state index in [1.807, 2.05) is 58.6 Å². The monoisotopic (exact) mass is 704 g/mol. The van der Waals surface area contributed by atoms with E-state index in [1.165, 1.54) is 7.11 Å². The number of carbonyl (C=O) groups is 1. The molecule has 0 amide bonds. The van der Waals surface area contributed by atoms with Crippen LogP contribution >= 0.6 is 0 Å². The number of methoxy groups -OCH3 is 1. The second-order valence-electron chi connectivity index (χ2n) is 16.4. The molecule has 3 heterocycles. The lowest BCUT2D eigenvalue weighted by molar-refractivity contribution is -0.318. The third-order valence-electron chi connectivity index (χ3n) is 11.1. The molecule has 13 heteroatoms. The summed E-state index contributed by atoms with van der Waals surface area (Å²) in [6.45, 7) is 17.1. The summed E-state index contributed by atoms with van der Waals surface area (Å²) in [4.78, 5) is 18.0. The molecule has 0 aliphatic carbocycles. The van der Waals surface area contributed by atoms with Crippen LogP contribution in [0.1, 0.15) is 88.0 Å². The van der Waals surface area contributed by atoms with Gasteiger partial charge < -0.3 is 58.6 Å². The Morgan fingerprint density at radius 3 is 2.18 bits per heavy atom. The van der Waals surface area contributed by atoms with E-state index in [-0.39, 0.29) is 31.0 Å². The van der Waals surface area contributed by atoms with Crippen LogP contribution in [0, 0.1) is 17.8 Å². The molecule has 0 saturated carbocycles. The van der Waals surface area contributed by atoms with Gasteiger partial charge in [-0.05, 0) is 87.9 Å². The maximum atomic E-state index is 14.0. The Labute approximate surface area is 294 Å². The van der Waals surface area contributed by atoms with E-state index < -0.39 is 83.8 Å².